The summed E-state index contributed by atoms with van der Waals surface area (Å²) in [7, 11) is 0. The predicted molar refractivity (Wildman–Crippen MR) is 77.2 cm³/mol. The third-order valence-electron chi connectivity index (χ3n) is 3.10. The minimum absolute atomic E-state index is 0.200. The summed E-state index contributed by atoms with van der Waals surface area (Å²) in [6.45, 7) is 2.27. The molecule has 0 amide bonds. The maximum Gasteiger partial charge on any atom is 0.265 e. The molecular weight excluding hydrogens is 324 g/mol. The van der Waals surface area contributed by atoms with E-state index < -0.39 is 6.10 Å². The first-order valence-electron chi connectivity index (χ1n) is 6.36. The number of aromatic amines is 1. The first-order valence-corrected chi connectivity index (χ1v) is 7.15. The lowest BCUT2D eigenvalue weighted by molar-refractivity contribution is 0.0846. The first kappa shape index (κ1) is 13.2. The minimum atomic E-state index is -0.406. The Labute approximate surface area is 124 Å². The zero-order chi connectivity index (χ0) is 14.1. The van der Waals surface area contributed by atoms with Gasteiger partial charge in [-0.3, -0.25) is 4.79 Å². The summed E-state index contributed by atoms with van der Waals surface area (Å²) in [6, 6.07) is 7.44. The number of fused-ring (bicyclic) bond motifs is 1. The van der Waals surface area contributed by atoms with Crippen molar-refractivity contribution >= 4 is 15.9 Å². The molecule has 1 aromatic heterocycles. The maximum absolute atomic E-state index is 11.9. The van der Waals surface area contributed by atoms with Crippen LogP contribution >= 0.6 is 15.9 Å². The fourth-order valence-corrected chi connectivity index (χ4v) is 2.53. The minimum Gasteiger partial charge on any atom is -0.485 e. The van der Waals surface area contributed by atoms with Crippen LogP contribution in [0.25, 0.3) is 0 Å². The van der Waals surface area contributed by atoms with Gasteiger partial charge in [-0.15, -0.1) is 0 Å². The molecule has 0 saturated heterocycles. The topological polar surface area (TPSA) is 64.2 Å². The van der Waals surface area contributed by atoms with Crippen LogP contribution < -0.4 is 15.0 Å². The van der Waals surface area contributed by atoms with Crippen molar-refractivity contribution in [3.63, 3.8) is 0 Å². The van der Waals surface area contributed by atoms with Crippen LogP contribution in [0.4, 0.5) is 0 Å². The smallest absolute Gasteiger partial charge is 0.265 e. The lowest BCUT2D eigenvalue weighted by Crippen LogP contribution is -2.27. The standard InChI is InChI=1S/C14H13BrN2O3/c1-2-8-12(15)14(18)17-13(16-8)11-7-19-9-5-3-4-6-10(9)20-11/h3-6,11H,2,7H2,1H3,(H,16,17,18). The average Bonchev–Trinajstić information content (AvgIpc) is 2.49. The van der Waals surface area contributed by atoms with Crippen LogP contribution in [0.15, 0.2) is 33.5 Å². The van der Waals surface area contributed by atoms with Gasteiger partial charge < -0.3 is 14.5 Å². The molecule has 0 spiro atoms. The second-order valence-electron chi connectivity index (χ2n) is 4.43. The molecule has 2 aromatic rings. The summed E-state index contributed by atoms with van der Waals surface area (Å²) in [5.74, 6) is 1.86. The molecular formula is C14H13BrN2O3. The largest absolute Gasteiger partial charge is 0.485 e. The second-order valence-corrected chi connectivity index (χ2v) is 5.22. The van der Waals surface area contributed by atoms with E-state index in [2.05, 4.69) is 25.9 Å². The number of nitrogens with zero attached hydrogens (tertiary/aromatic N) is 1. The molecule has 6 heteroatoms. The highest BCUT2D eigenvalue weighted by Gasteiger charge is 2.25. The van der Waals surface area contributed by atoms with Gasteiger partial charge in [-0.1, -0.05) is 19.1 Å². The van der Waals surface area contributed by atoms with E-state index in [4.69, 9.17) is 9.47 Å². The molecule has 0 radical (unpaired) electrons. The Hall–Kier alpha value is -1.82. The number of hydrogen-bond acceptors (Lipinski definition) is 4. The first-order chi connectivity index (χ1) is 9.69. The van der Waals surface area contributed by atoms with Gasteiger partial charge in [-0.25, -0.2) is 4.98 Å². The molecule has 1 atom stereocenters. The Morgan fingerprint density at radius 1 is 1.40 bits per heavy atom. The van der Waals surface area contributed by atoms with Gasteiger partial charge in [0.25, 0.3) is 5.56 Å². The Morgan fingerprint density at radius 3 is 2.90 bits per heavy atom. The molecule has 104 valence electrons. The molecule has 0 saturated carbocycles. The van der Waals surface area contributed by atoms with Gasteiger partial charge in [-0.05, 0) is 34.5 Å². The highest BCUT2D eigenvalue weighted by molar-refractivity contribution is 9.10. The van der Waals surface area contributed by atoms with E-state index in [0.717, 1.165) is 0 Å². The number of nitrogens with one attached hydrogen (secondary N) is 1. The van der Waals surface area contributed by atoms with E-state index in [1.165, 1.54) is 0 Å². The second kappa shape index (κ2) is 5.28. The number of H-pyrrole nitrogens is 1. The van der Waals surface area contributed by atoms with E-state index in [1.807, 2.05) is 31.2 Å². The molecule has 1 aliphatic heterocycles. The van der Waals surface area contributed by atoms with E-state index in [0.29, 0.717) is 40.5 Å². The third-order valence-corrected chi connectivity index (χ3v) is 3.92. The van der Waals surface area contributed by atoms with Gasteiger partial charge in [0.2, 0.25) is 0 Å². The van der Waals surface area contributed by atoms with Crippen LogP contribution in [0.2, 0.25) is 0 Å². The van der Waals surface area contributed by atoms with E-state index in [-0.39, 0.29) is 5.56 Å². The summed E-state index contributed by atoms with van der Waals surface area (Å²) in [5, 5.41) is 0. The lowest BCUT2D eigenvalue weighted by Gasteiger charge is -2.25. The molecule has 0 fully saturated rings. The third kappa shape index (κ3) is 2.31. The lowest BCUT2D eigenvalue weighted by atomic mass is 10.2. The van der Waals surface area contributed by atoms with Crippen molar-refractivity contribution in [3.8, 4) is 11.5 Å². The monoisotopic (exact) mass is 336 g/mol. The van der Waals surface area contributed by atoms with E-state index in [9.17, 15) is 4.79 Å². The SMILES string of the molecule is CCc1nc(C2COc3ccccc3O2)[nH]c(=O)c1Br. The van der Waals surface area contributed by atoms with E-state index >= 15 is 0 Å². The predicted octanol–water partition coefficient (Wildman–Crippen LogP) is 2.61. The zero-order valence-corrected chi connectivity index (χ0v) is 12.4. The number of ether oxygens (including phenoxy) is 2. The van der Waals surface area contributed by atoms with Gasteiger partial charge in [0.05, 0.1) is 5.69 Å². The van der Waals surface area contributed by atoms with Crippen LogP contribution in [0.1, 0.15) is 24.5 Å². The molecule has 5 nitrogen and oxygen atoms in total. The summed E-state index contributed by atoms with van der Waals surface area (Å²) >= 11 is 3.25. The fourth-order valence-electron chi connectivity index (χ4n) is 2.07. The number of halogens is 1. The van der Waals surface area contributed by atoms with Crippen molar-refractivity contribution in [1.29, 1.82) is 0 Å². The Balaban J connectivity index is 1.96. The van der Waals surface area contributed by atoms with Gasteiger partial charge in [0.15, 0.2) is 23.4 Å². The van der Waals surface area contributed by atoms with Crippen molar-refractivity contribution in [2.24, 2.45) is 0 Å². The van der Waals surface area contributed by atoms with Crippen LogP contribution in [0, 0.1) is 0 Å². The summed E-state index contributed by atoms with van der Waals surface area (Å²) in [6.07, 6.45) is 0.262. The average molecular weight is 337 g/mol. The molecule has 1 unspecified atom stereocenters. The molecule has 1 aliphatic rings. The summed E-state index contributed by atoms with van der Waals surface area (Å²) < 4.78 is 11.9. The molecule has 2 heterocycles. The van der Waals surface area contributed by atoms with Crippen LogP contribution in [0.3, 0.4) is 0 Å². The number of aryl methyl sites for hydroxylation is 1. The molecule has 0 bridgehead atoms. The molecule has 1 N–H and O–H groups in total. The Bertz CT molecular complexity index is 699. The van der Waals surface area contributed by atoms with Gasteiger partial charge >= 0.3 is 0 Å². The van der Waals surface area contributed by atoms with Crippen LogP contribution in [0.5, 0.6) is 11.5 Å². The number of rotatable bonds is 2. The number of para-hydroxylation sites is 2. The highest BCUT2D eigenvalue weighted by atomic mass is 79.9. The van der Waals surface area contributed by atoms with E-state index in [1.54, 1.807) is 0 Å². The Morgan fingerprint density at radius 2 is 2.15 bits per heavy atom. The highest BCUT2D eigenvalue weighted by Crippen LogP contribution is 2.34. The fraction of sp³-hybridized carbons (Fsp3) is 0.286. The maximum atomic E-state index is 11.9. The van der Waals surface area contributed by atoms with Crippen molar-refractivity contribution < 1.29 is 9.47 Å². The van der Waals surface area contributed by atoms with Crippen LogP contribution in [-0.4, -0.2) is 16.6 Å². The normalized spacial score (nSPS) is 17.0. The molecule has 1 aromatic carbocycles. The Kier molecular flexibility index (Phi) is 3.48. The van der Waals surface area contributed by atoms with Crippen molar-refractivity contribution in [1.82, 2.24) is 9.97 Å². The van der Waals surface area contributed by atoms with Gasteiger partial charge in [0, 0.05) is 0 Å². The van der Waals surface area contributed by atoms with Crippen LogP contribution in [-0.2, 0) is 6.42 Å². The zero-order valence-electron chi connectivity index (χ0n) is 10.9. The molecule has 20 heavy (non-hydrogen) atoms. The van der Waals surface area contributed by atoms with Crippen molar-refractivity contribution in [2.75, 3.05) is 6.61 Å². The number of hydrogen-bond donors (Lipinski definition) is 1. The molecule has 0 aliphatic carbocycles. The van der Waals surface area contributed by atoms with Crippen molar-refractivity contribution in [3.05, 3.63) is 50.6 Å². The van der Waals surface area contributed by atoms with Gasteiger partial charge in [0.1, 0.15) is 11.1 Å². The summed E-state index contributed by atoms with van der Waals surface area (Å²) in [4.78, 5) is 19.0. The van der Waals surface area contributed by atoms with Crippen molar-refractivity contribution in [2.45, 2.75) is 19.4 Å². The molecule has 3 rings (SSSR count). The number of benzene rings is 1. The quantitative estimate of drug-likeness (QED) is 0.915. The summed E-state index contributed by atoms with van der Waals surface area (Å²) in [5.41, 5.74) is 0.514. The number of aromatic nitrogens is 2. The van der Waals surface area contributed by atoms with Gasteiger partial charge in [-0.2, -0.15) is 0 Å².